The average molecular weight is 421 g/mol. The molecular weight excluding hydrogens is 393 g/mol. The summed E-state index contributed by atoms with van der Waals surface area (Å²) in [5.41, 5.74) is 0.843. The van der Waals surface area contributed by atoms with Crippen molar-refractivity contribution in [2.45, 2.75) is 46.3 Å². The van der Waals surface area contributed by atoms with Gasteiger partial charge in [0.25, 0.3) is 0 Å². The summed E-state index contributed by atoms with van der Waals surface area (Å²) in [6.07, 6.45) is 1.57. The molecule has 2 heterocycles. The molecular formula is C15H28IN5O. The molecule has 0 spiro atoms. The van der Waals surface area contributed by atoms with Crippen LogP contribution in [0.5, 0.6) is 0 Å². The monoisotopic (exact) mass is 421 g/mol. The first-order chi connectivity index (χ1) is 10.1. The zero-order valence-corrected chi connectivity index (χ0v) is 16.2. The van der Waals surface area contributed by atoms with Crippen LogP contribution in [0.1, 0.15) is 33.4 Å². The maximum absolute atomic E-state index is 4.83. The van der Waals surface area contributed by atoms with Crippen LogP contribution in [0.25, 0.3) is 0 Å². The van der Waals surface area contributed by atoms with Crippen molar-refractivity contribution in [3.05, 3.63) is 18.0 Å². The van der Waals surface area contributed by atoms with Crippen LogP contribution in [-0.4, -0.2) is 47.7 Å². The van der Waals surface area contributed by atoms with E-state index in [2.05, 4.69) is 53.4 Å². The lowest BCUT2D eigenvalue weighted by Crippen LogP contribution is -2.46. The Labute approximate surface area is 150 Å². The van der Waals surface area contributed by atoms with E-state index in [0.29, 0.717) is 24.5 Å². The van der Waals surface area contributed by atoms with E-state index < -0.39 is 0 Å². The molecule has 126 valence electrons. The molecule has 2 unspecified atom stereocenters. The van der Waals surface area contributed by atoms with Gasteiger partial charge < -0.3 is 15.2 Å². The fraction of sp³-hybridized carbons (Fsp3) is 0.733. The van der Waals surface area contributed by atoms with Crippen molar-refractivity contribution in [1.29, 1.82) is 0 Å². The van der Waals surface area contributed by atoms with Gasteiger partial charge in [0, 0.05) is 37.8 Å². The Morgan fingerprint density at radius 3 is 2.82 bits per heavy atom. The molecule has 0 saturated carbocycles. The van der Waals surface area contributed by atoms with Crippen LogP contribution in [0.15, 0.2) is 21.8 Å². The topological polar surface area (TPSA) is 65.7 Å². The summed E-state index contributed by atoms with van der Waals surface area (Å²) in [5, 5.41) is 10.7. The van der Waals surface area contributed by atoms with E-state index in [1.165, 1.54) is 0 Å². The Hall–Kier alpha value is -0.830. The summed E-state index contributed by atoms with van der Waals surface area (Å²) in [6.45, 7) is 12.4. The standard InChI is InChI=1S/C15H27N5O.HI/c1-5-16-15(17-8-13-6-7-21-19-13)18-14-10-20(11(2)3)9-12(14)4;/h6-7,11-12,14H,5,8-10H2,1-4H3,(H2,16,17,18);1H. The third-order valence-electron chi connectivity index (χ3n) is 3.93. The third-order valence-corrected chi connectivity index (χ3v) is 3.93. The van der Waals surface area contributed by atoms with Crippen LogP contribution in [0, 0.1) is 5.92 Å². The highest BCUT2D eigenvalue weighted by molar-refractivity contribution is 14.0. The highest BCUT2D eigenvalue weighted by atomic mass is 127. The van der Waals surface area contributed by atoms with Gasteiger partial charge in [0.1, 0.15) is 12.0 Å². The van der Waals surface area contributed by atoms with E-state index in [9.17, 15) is 0 Å². The minimum atomic E-state index is 0. The predicted octanol–water partition coefficient (Wildman–Crippen LogP) is 2.08. The Balaban J connectivity index is 0.00000242. The van der Waals surface area contributed by atoms with Gasteiger partial charge in [-0.1, -0.05) is 12.1 Å². The molecule has 0 bridgehead atoms. The molecule has 0 amide bonds. The van der Waals surface area contributed by atoms with Gasteiger partial charge in [0.15, 0.2) is 5.96 Å². The first-order valence-corrected chi connectivity index (χ1v) is 7.78. The normalized spacial score (nSPS) is 22.7. The van der Waals surface area contributed by atoms with E-state index >= 15 is 0 Å². The van der Waals surface area contributed by atoms with Gasteiger partial charge >= 0.3 is 0 Å². The fourth-order valence-corrected chi connectivity index (χ4v) is 2.59. The highest BCUT2D eigenvalue weighted by Crippen LogP contribution is 2.18. The second-order valence-corrected chi connectivity index (χ2v) is 5.96. The van der Waals surface area contributed by atoms with Crippen LogP contribution in [0.3, 0.4) is 0 Å². The van der Waals surface area contributed by atoms with Crippen LogP contribution in [-0.2, 0) is 6.54 Å². The number of aliphatic imine (C=N–C) groups is 1. The molecule has 22 heavy (non-hydrogen) atoms. The Morgan fingerprint density at radius 1 is 1.50 bits per heavy atom. The molecule has 0 radical (unpaired) electrons. The highest BCUT2D eigenvalue weighted by Gasteiger charge is 2.31. The molecule has 7 heteroatoms. The predicted molar refractivity (Wildman–Crippen MR) is 99.5 cm³/mol. The Kier molecular flexibility index (Phi) is 8.16. The van der Waals surface area contributed by atoms with Crippen LogP contribution >= 0.6 is 24.0 Å². The number of halogens is 1. The minimum Gasteiger partial charge on any atom is -0.364 e. The second-order valence-electron chi connectivity index (χ2n) is 5.96. The maximum Gasteiger partial charge on any atom is 0.191 e. The van der Waals surface area contributed by atoms with E-state index in [1.54, 1.807) is 6.26 Å². The first-order valence-electron chi connectivity index (χ1n) is 7.78. The average Bonchev–Trinajstić information content (AvgIpc) is 3.07. The lowest BCUT2D eigenvalue weighted by Gasteiger charge is -2.21. The Morgan fingerprint density at radius 2 is 2.27 bits per heavy atom. The maximum atomic E-state index is 4.83. The number of nitrogens with one attached hydrogen (secondary N) is 2. The molecule has 0 aromatic carbocycles. The van der Waals surface area contributed by atoms with Gasteiger partial charge in [-0.3, -0.25) is 4.90 Å². The summed E-state index contributed by atoms with van der Waals surface area (Å²) in [6, 6.07) is 2.86. The zero-order chi connectivity index (χ0) is 15.2. The molecule has 1 aliphatic heterocycles. The Bertz CT molecular complexity index is 449. The summed E-state index contributed by atoms with van der Waals surface area (Å²) in [7, 11) is 0. The van der Waals surface area contributed by atoms with Crippen molar-refractivity contribution in [2.75, 3.05) is 19.6 Å². The van der Waals surface area contributed by atoms with Gasteiger partial charge in [-0.05, 0) is 26.7 Å². The van der Waals surface area contributed by atoms with Crippen molar-refractivity contribution in [1.82, 2.24) is 20.7 Å². The molecule has 1 aliphatic rings. The largest absolute Gasteiger partial charge is 0.364 e. The molecule has 0 aliphatic carbocycles. The number of likely N-dealkylation sites (tertiary alicyclic amines) is 1. The van der Waals surface area contributed by atoms with Gasteiger partial charge in [-0.2, -0.15) is 0 Å². The molecule has 1 aromatic rings. The van der Waals surface area contributed by atoms with Crippen molar-refractivity contribution in [2.24, 2.45) is 10.9 Å². The lowest BCUT2D eigenvalue weighted by molar-refractivity contribution is 0.265. The molecule has 2 N–H and O–H groups in total. The molecule has 1 saturated heterocycles. The van der Waals surface area contributed by atoms with Gasteiger partial charge in [-0.15, -0.1) is 24.0 Å². The number of hydrogen-bond acceptors (Lipinski definition) is 4. The minimum absolute atomic E-state index is 0. The molecule has 1 aromatic heterocycles. The number of aromatic nitrogens is 1. The van der Waals surface area contributed by atoms with Crippen LogP contribution < -0.4 is 10.6 Å². The fourth-order valence-electron chi connectivity index (χ4n) is 2.59. The van der Waals surface area contributed by atoms with Gasteiger partial charge in [0.2, 0.25) is 0 Å². The van der Waals surface area contributed by atoms with Crippen LogP contribution in [0.4, 0.5) is 0 Å². The molecule has 6 nitrogen and oxygen atoms in total. The lowest BCUT2D eigenvalue weighted by atomic mass is 10.1. The van der Waals surface area contributed by atoms with Gasteiger partial charge in [-0.25, -0.2) is 4.99 Å². The third kappa shape index (κ3) is 5.42. The number of guanidine groups is 1. The molecule has 2 rings (SSSR count). The van der Waals surface area contributed by atoms with E-state index in [4.69, 9.17) is 4.52 Å². The van der Waals surface area contributed by atoms with E-state index in [-0.39, 0.29) is 24.0 Å². The van der Waals surface area contributed by atoms with Crippen molar-refractivity contribution in [3.63, 3.8) is 0 Å². The number of rotatable bonds is 5. The summed E-state index contributed by atoms with van der Waals surface area (Å²) in [4.78, 5) is 7.08. The van der Waals surface area contributed by atoms with Crippen LogP contribution in [0.2, 0.25) is 0 Å². The molecule has 2 atom stereocenters. The van der Waals surface area contributed by atoms with Crippen molar-refractivity contribution in [3.8, 4) is 0 Å². The zero-order valence-electron chi connectivity index (χ0n) is 13.9. The van der Waals surface area contributed by atoms with Gasteiger partial charge in [0.05, 0.1) is 6.54 Å². The van der Waals surface area contributed by atoms with Crippen molar-refractivity contribution < 1.29 is 4.52 Å². The summed E-state index contributed by atoms with van der Waals surface area (Å²) in [5.74, 6) is 1.46. The smallest absolute Gasteiger partial charge is 0.191 e. The van der Waals surface area contributed by atoms with E-state index in [1.807, 2.05) is 6.07 Å². The second kappa shape index (κ2) is 9.34. The number of hydrogen-bond donors (Lipinski definition) is 2. The molecule has 1 fully saturated rings. The SMILES string of the molecule is CCNC(=NCc1ccon1)NC1CN(C(C)C)CC1C.I. The quantitative estimate of drug-likeness (QED) is 0.433. The first kappa shape index (κ1) is 19.2. The summed E-state index contributed by atoms with van der Waals surface area (Å²) < 4.78 is 4.83. The number of nitrogens with zero attached hydrogens (tertiary/aromatic N) is 3. The van der Waals surface area contributed by atoms with E-state index in [0.717, 1.165) is 31.3 Å². The summed E-state index contributed by atoms with van der Waals surface area (Å²) >= 11 is 0. The van der Waals surface area contributed by atoms with Crippen molar-refractivity contribution >= 4 is 29.9 Å².